The summed E-state index contributed by atoms with van der Waals surface area (Å²) in [6, 6.07) is 16.0. The maximum absolute atomic E-state index is 12.3. The molecule has 0 bridgehead atoms. The second kappa shape index (κ2) is 6.20. The lowest BCUT2D eigenvalue weighted by atomic mass is 9.98. The van der Waals surface area contributed by atoms with Crippen LogP contribution in [-0.2, 0) is 11.2 Å². The minimum Gasteiger partial charge on any atom is -0.360 e. The average Bonchev–Trinajstić information content (AvgIpc) is 2.49. The zero-order valence-corrected chi connectivity index (χ0v) is 12.8. The number of para-hydroxylation sites is 1. The molecule has 1 unspecified atom stereocenters. The van der Waals surface area contributed by atoms with Crippen LogP contribution in [-0.4, -0.2) is 25.0 Å². The number of carbonyl (C=O) groups is 1. The van der Waals surface area contributed by atoms with Gasteiger partial charge in [0.05, 0.1) is 6.54 Å². The van der Waals surface area contributed by atoms with Crippen molar-refractivity contribution in [2.45, 2.75) is 19.4 Å². The Hall–Kier alpha value is -2.33. The van der Waals surface area contributed by atoms with E-state index in [1.165, 1.54) is 11.1 Å². The Morgan fingerprint density at radius 1 is 1.23 bits per heavy atom. The van der Waals surface area contributed by atoms with Crippen LogP contribution >= 0.6 is 0 Å². The SMILES string of the molecule is Cc1ccc(NC(=O)CN2CC(N)Cc3ccccc32)cc1. The normalized spacial score (nSPS) is 17.0. The van der Waals surface area contributed by atoms with Crippen molar-refractivity contribution >= 4 is 17.3 Å². The minimum atomic E-state index is -0.0206. The maximum atomic E-state index is 12.3. The highest BCUT2D eigenvalue weighted by Gasteiger charge is 2.23. The number of amides is 1. The summed E-state index contributed by atoms with van der Waals surface area (Å²) < 4.78 is 0. The predicted octanol–water partition coefficient (Wildman–Crippen LogP) is 2.32. The molecule has 0 fully saturated rings. The summed E-state index contributed by atoms with van der Waals surface area (Å²) in [5.41, 5.74) is 10.4. The van der Waals surface area contributed by atoms with Gasteiger partial charge in [0.1, 0.15) is 0 Å². The van der Waals surface area contributed by atoms with E-state index in [4.69, 9.17) is 5.73 Å². The van der Waals surface area contributed by atoms with Crippen LogP contribution in [0.2, 0.25) is 0 Å². The second-order valence-corrected chi connectivity index (χ2v) is 5.89. The van der Waals surface area contributed by atoms with Crippen LogP contribution in [0.1, 0.15) is 11.1 Å². The first-order valence-electron chi connectivity index (χ1n) is 7.57. The third-order valence-electron chi connectivity index (χ3n) is 3.94. The molecule has 0 aliphatic carbocycles. The molecule has 1 aliphatic rings. The first kappa shape index (κ1) is 14.6. The Morgan fingerprint density at radius 2 is 1.95 bits per heavy atom. The Labute approximate surface area is 130 Å². The molecule has 3 N–H and O–H groups in total. The van der Waals surface area contributed by atoms with Crippen LogP contribution < -0.4 is 16.0 Å². The van der Waals surface area contributed by atoms with Gasteiger partial charge in [0.25, 0.3) is 0 Å². The van der Waals surface area contributed by atoms with Crippen molar-refractivity contribution in [1.29, 1.82) is 0 Å². The van der Waals surface area contributed by atoms with Gasteiger partial charge in [-0.3, -0.25) is 4.79 Å². The van der Waals surface area contributed by atoms with E-state index < -0.39 is 0 Å². The number of carbonyl (C=O) groups excluding carboxylic acids is 1. The van der Waals surface area contributed by atoms with E-state index in [9.17, 15) is 4.79 Å². The van der Waals surface area contributed by atoms with Crippen LogP contribution in [0.5, 0.6) is 0 Å². The van der Waals surface area contributed by atoms with E-state index in [2.05, 4.69) is 22.3 Å². The highest BCUT2D eigenvalue weighted by atomic mass is 16.2. The largest absolute Gasteiger partial charge is 0.360 e. The van der Waals surface area contributed by atoms with Gasteiger partial charge >= 0.3 is 0 Å². The van der Waals surface area contributed by atoms with Crippen molar-refractivity contribution in [3.63, 3.8) is 0 Å². The van der Waals surface area contributed by atoms with Crippen molar-refractivity contribution < 1.29 is 4.79 Å². The Bertz CT molecular complexity index is 666. The lowest BCUT2D eigenvalue weighted by Crippen LogP contribution is -2.46. The lowest BCUT2D eigenvalue weighted by molar-refractivity contribution is -0.115. The number of rotatable bonds is 3. The lowest BCUT2D eigenvalue weighted by Gasteiger charge is -2.34. The number of nitrogens with one attached hydrogen (secondary N) is 1. The molecule has 2 aromatic rings. The molecular formula is C18H21N3O. The summed E-state index contributed by atoms with van der Waals surface area (Å²) in [6.07, 6.45) is 0.867. The number of aryl methyl sites for hydroxylation is 1. The fraction of sp³-hybridized carbons (Fsp3) is 0.278. The number of hydrogen-bond donors (Lipinski definition) is 2. The standard InChI is InChI=1S/C18H21N3O/c1-13-6-8-16(9-7-13)20-18(22)12-21-11-15(19)10-14-4-2-3-5-17(14)21/h2-9,15H,10-12,19H2,1H3,(H,20,22). The molecule has 0 saturated carbocycles. The molecule has 0 saturated heterocycles. The van der Waals surface area contributed by atoms with Gasteiger partial charge in [-0.05, 0) is 37.1 Å². The highest BCUT2D eigenvalue weighted by molar-refractivity contribution is 5.94. The van der Waals surface area contributed by atoms with Crippen molar-refractivity contribution in [1.82, 2.24) is 0 Å². The van der Waals surface area contributed by atoms with E-state index in [1.807, 2.05) is 43.3 Å². The zero-order valence-electron chi connectivity index (χ0n) is 12.8. The van der Waals surface area contributed by atoms with Crippen molar-refractivity contribution in [3.05, 3.63) is 59.7 Å². The third kappa shape index (κ3) is 3.28. The Kier molecular flexibility index (Phi) is 4.11. The monoisotopic (exact) mass is 295 g/mol. The van der Waals surface area contributed by atoms with Gasteiger partial charge in [0.2, 0.25) is 5.91 Å². The smallest absolute Gasteiger partial charge is 0.243 e. The van der Waals surface area contributed by atoms with Crippen LogP contribution in [0, 0.1) is 6.92 Å². The third-order valence-corrected chi connectivity index (χ3v) is 3.94. The molecule has 0 aromatic heterocycles. The molecule has 1 amide bonds. The molecule has 2 aromatic carbocycles. The molecule has 1 aliphatic heterocycles. The van der Waals surface area contributed by atoms with Crippen molar-refractivity contribution in [2.24, 2.45) is 5.73 Å². The van der Waals surface area contributed by atoms with Crippen LogP contribution in [0.4, 0.5) is 11.4 Å². The van der Waals surface area contributed by atoms with Gasteiger partial charge in [-0.1, -0.05) is 35.9 Å². The van der Waals surface area contributed by atoms with E-state index >= 15 is 0 Å². The van der Waals surface area contributed by atoms with Crippen LogP contribution in [0.3, 0.4) is 0 Å². The van der Waals surface area contributed by atoms with Gasteiger partial charge in [-0.25, -0.2) is 0 Å². The zero-order chi connectivity index (χ0) is 15.5. The topological polar surface area (TPSA) is 58.4 Å². The first-order valence-corrected chi connectivity index (χ1v) is 7.57. The fourth-order valence-electron chi connectivity index (χ4n) is 2.88. The summed E-state index contributed by atoms with van der Waals surface area (Å²) in [6.45, 7) is 3.05. The molecule has 4 heteroatoms. The molecule has 3 rings (SSSR count). The van der Waals surface area contributed by atoms with Crippen molar-refractivity contribution in [3.8, 4) is 0 Å². The summed E-state index contributed by atoms with van der Waals surface area (Å²) >= 11 is 0. The number of nitrogens with two attached hydrogens (primary N) is 1. The molecule has 4 nitrogen and oxygen atoms in total. The molecule has 1 heterocycles. The van der Waals surface area contributed by atoms with E-state index in [0.717, 1.165) is 17.8 Å². The summed E-state index contributed by atoms with van der Waals surface area (Å²) in [5.74, 6) is -0.0206. The quantitative estimate of drug-likeness (QED) is 0.913. The second-order valence-electron chi connectivity index (χ2n) is 5.89. The maximum Gasteiger partial charge on any atom is 0.243 e. The van der Waals surface area contributed by atoms with Gasteiger partial charge in [-0.2, -0.15) is 0 Å². The van der Waals surface area contributed by atoms with E-state index in [1.54, 1.807) is 0 Å². The average molecular weight is 295 g/mol. The Balaban J connectivity index is 1.70. The molecule has 0 spiro atoms. The number of fused-ring (bicyclic) bond motifs is 1. The number of anilines is 2. The molecular weight excluding hydrogens is 274 g/mol. The number of nitrogens with zero attached hydrogens (tertiary/aromatic N) is 1. The van der Waals surface area contributed by atoms with Gasteiger partial charge in [-0.15, -0.1) is 0 Å². The fourth-order valence-corrected chi connectivity index (χ4v) is 2.88. The molecule has 114 valence electrons. The summed E-state index contributed by atoms with van der Waals surface area (Å²) in [4.78, 5) is 14.4. The molecule has 1 atom stereocenters. The number of hydrogen-bond acceptors (Lipinski definition) is 3. The van der Waals surface area contributed by atoms with Gasteiger partial charge in [0.15, 0.2) is 0 Å². The number of benzene rings is 2. The first-order chi connectivity index (χ1) is 10.6. The Morgan fingerprint density at radius 3 is 2.73 bits per heavy atom. The molecule has 0 radical (unpaired) electrons. The van der Waals surface area contributed by atoms with Crippen LogP contribution in [0.25, 0.3) is 0 Å². The van der Waals surface area contributed by atoms with Gasteiger partial charge in [0, 0.05) is 24.0 Å². The summed E-state index contributed by atoms with van der Waals surface area (Å²) in [5, 5.41) is 2.94. The van der Waals surface area contributed by atoms with Gasteiger partial charge < -0.3 is 16.0 Å². The minimum absolute atomic E-state index is 0.0206. The summed E-state index contributed by atoms with van der Waals surface area (Å²) in [7, 11) is 0. The van der Waals surface area contributed by atoms with Crippen molar-refractivity contribution in [2.75, 3.05) is 23.3 Å². The predicted molar refractivity (Wildman–Crippen MR) is 90.1 cm³/mol. The molecule has 22 heavy (non-hydrogen) atoms. The van der Waals surface area contributed by atoms with E-state index in [-0.39, 0.29) is 11.9 Å². The van der Waals surface area contributed by atoms with E-state index in [0.29, 0.717) is 13.1 Å². The highest BCUT2D eigenvalue weighted by Crippen LogP contribution is 2.26. The van der Waals surface area contributed by atoms with Crippen LogP contribution in [0.15, 0.2) is 48.5 Å².